The summed E-state index contributed by atoms with van der Waals surface area (Å²) in [5, 5.41) is 11.3. The van der Waals surface area contributed by atoms with Crippen molar-refractivity contribution < 1.29 is 28.8 Å². The lowest BCUT2D eigenvalue weighted by molar-refractivity contribution is -0.147. The molecule has 4 fully saturated rings. The fourth-order valence-electron chi connectivity index (χ4n) is 8.32. The minimum absolute atomic E-state index is 0.0615. The topological polar surface area (TPSA) is 180 Å². The molecule has 1 aliphatic heterocycles. The molecule has 0 radical (unpaired) electrons. The van der Waals surface area contributed by atoms with Crippen LogP contribution in [0.15, 0.2) is 31.2 Å². The van der Waals surface area contributed by atoms with Crippen LogP contribution < -0.4 is 21.3 Å². The molecule has 6 atom stereocenters. The number of nitrogens with zero attached hydrogens (tertiary/aromatic N) is 3. The van der Waals surface area contributed by atoms with Gasteiger partial charge in [-0.3, -0.25) is 33.8 Å². The molecule has 51 heavy (non-hydrogen) atoms. The van der Waals surface area contributed by atoms with Gasteiger partial charge in [-0.15, -0.1) is 6.58 Å². The number of fused-ring (bicyclic) bond motifs is 1. The molecule has 2 heterocycles. The molecule has 1 aromatic rings. The second kappa shape index (κ2) is 15.6. The van der Waals surface area contributed by atoms with Gasteiger partial charge < -0.3 is 26.2 Å². The average Bonchev–Trinajstić information content (AvgIpc) is 3.39. The van der Waals surface area contributed by atoms with Gasteiger partial charge in [0.15, 0.2) is 0 Å². The van der Waals surface area contributed by atoms with E-state index < -0.39 is 64.9 Å². The lowest BCUT2D eigenvalue weighted by Crippen LogP contribution is -2.63. The zero-order valence-corrected chi connectivity index (χ0v) is 30.7. The average molecular weight is 706 g/mol. The van der Waals surface area contributed by atoms with Crippen molar-refractivity contribution in [1.29, 1.82) is 0 Å². The number of nitrogens with one attached hydrogen (secondary N) is 4. The number of ketones is 1. The SMILES string of the molecule is C=CCNC(=O)C(=O)C(CC1CCC1)NC(=O)[C@@H]1[C@@H]2[C@H](CN1C(=O)[C@@H](NC(=O)[C@@H](NC(=O)c1cnccn1)C1CCCCC1)C(C)(C)C)C2(C)C. The van der Waals surface area contributed by atoms with Crippen molar-refractivity contribution in [1.82, 2.24) is 36.1 Å². The number of amides is 5. The quantitative estimate of drug-likeness (QED) is 0.169. The van der Waals surface area contributed by atoms with Crippen LogP contribution in [-0.4, -0.2) is 87.4 Å². The Labute approximate surface area is 300 Å². The third-order valence-corrected chi connectivity index (χ3v) is 11.7. The number of hydrogen-bond donors (Lipinski definition) is 4. The Kier molecular flexibility index (Phi) is 11.7. The van der Waals surface area contributed by atoms with Crippen LogP contribution in [0.1, 0.15) is 103 Å². The van der Waals surface area contributed by atoms with Gasteiger partial charge in [0, 0.05) is 25.5 Å². The summed E-state index contributed by atoms with van der Waals surface area (Å²) in [6, 6.07) is -3.80. The lowest BCUT2D eigenvalue weighted by Gasteiger charge is -2.39. The van der Waals surface area contributed by atoms with E-state index in [2.05, 4.69) is 51.7 Å². The molecule has 13 heteroatoms. The Morgan fingerprint density at radius 2 is 1.69 bits per heavy atom. The fourth-order valence-corrected chi connectivity index (χ4v) is 8.32. The van der Waals surface area contributed by atoms with E-state index in [0.717, 1.165) is 51.4 Å². The van der Waals surface area contributed by atoms with Gasteiger partial charge in [-0.25, -0.2) is 4.98 Å². The van der Waals surface area contributed by atoms with Crippen LogP contribution in [0.3, 0.4) is 0 Å². The summed E-state index contributed by atoms with van der Waals surface area (Å²) in [5.74, 6) is -3.31. The summed E-state index contributed by atoms with van der Waals surface area (Å²) in [6.45, 7) is 13.7. The summed E-state index contributed by atoms with van der Waals surface area (Å²) >= 11 is 0. The first-order valence-corrected chi connectivity index (χ1v) is 18.6. The van der Waals surface area contributed by atoms with Crippen LogP contribution in [0.2, 0.25) is 0 Å². The maximum absolute atomic E-state index is 14.6. The normalized spacial score (nSPS) is 24.5. The molecule has 1 saturated heterocycles. The summed E-state index contributed by atoms with van der Waals surface area (Å²) in [6.07, 6.45) is 13.4. The van der Waals surface area contributed by atoms with Gasteiger partial charge in [0.25, 0.3) is 11.8 Å². The van der Waals surface area contributed by atoms with Crippen molar-refractivity contribution in [3.8, 4) is 0 Å². The van der Waals surface area contributed by atoms with Crippen LogP contribution in [0, 0.1) is 34.5 Å². The molecule has 0 spiro atoms. The number of likely N-dealkylation sites (tertiary alicyclic amines) is 1. The standard InChI is InChI=1S/C38H55N7O6/c1-7-16-41-35(50)30(46)25(19-22-12-11-13-22)42-34(49)29-27-24(38(27,5)6)21-45(29)36(51)31(37(2,3)4)44-33(48)28(23-14-9-8-10-15-23)43-32(47)26-20-39-17-18-40-26/h7,17-18,20,22-25,27-29,31H,1,8-16,19,21H2,2-6H3,(H,41,50)(H,42,49)(H,43,47)(H,44,48)/t24-,25?,27-,28-,29-,31+/m0/s1. The number of rotatable bonds is 14. The Bertz CT molecular complexity index is 1500. The van der Waals surface area contributed by atoms with E-state index in [4.69, 9.17) is 0 Å². The number of hydrogen-bond acceptors (Lipinski definition) is 8. The van der Waals surface area contributed by atoms with Gasteiger partial charge in [0.1, 0.15) is 23.8 Å². The van der Waals surface area contributed by atoms with Gasteiger partial charge in [-0.05, 0) is 53.8 Å². The minimum Gasteiger partial charge on any atom is -0.346 e. The van der Waals surface area contributed by atoms with Crippen LogP contribution in [0.25, 0.3) is 0 Å². The molecule has 5 amide bonds. The van der Waals surface area contributed by atoms with Crippen molar-refractivity contribution in [3.63, 3.8) is 0 Å². The smallest absolute Gasteiger partial charge is 0.289 e. The van der Waals surface area contributed by atoms with E-state index in [9.17, 15) is 28.8 Å². The van der Waals surface area contributed by atoms with E-state index >= 15 is 0 Å². The predicted molar refractivity (Wildman–Crippen MR) is 190 cm³/mol. The molecule has 5 rings (SSSR count). The molecule has 4 aliphatic rings. The largest absolute Gasteiger partial charge is 0.346 e. The lowest BCUT2D eigenvalue weighted by atomic mass is 9.80. The Hall–Kier alpha value is -4.16. The van der Waals surface area contributed by atoms with Crippen molar-refractivity contribution >= 4 is 35.3 Å². The van der Waals surface area contributed by atoms with Gasteiger partial charge in [-0.1, -0.05) is 79.2 Å². The molecule has 3 aliphatic carbocycles. The van der Waals surface area contributed by atoms with Gasteiger partial charge >= 0.3 is 0 Å². The first kappa shape index (κ1) is 38.1. The highest BCUT2D eigenvalue weighted by atomic mass is 16.2. The Balaban J connectivity index is 1.37. The van der Waals surface area contributed by atoms with E-state index in [0.29, 0.717) is 13.0 Å². The number of carbonyl (C=O) groups excluding carboxylic acids is 6. The van der Waals surface area contributed by atoms with Crippen LogP contribution in [0.5, 0.6) is 0 Å². The molecular weight excluding hydrogens is 650 g/mol. The zero-order chi connectivity index (χ0) is 37.1. The predicted octanol–water partition coefficient (Wildman–Crippen LogP) is 2.72. The maximum Gasteiger partial charge on any atom is 0.289 e. The fraction of sp³-hybridized carbons (Fsp3) is 0.684. The van der Waals surface area contributed by atoms with Crippen molar-refractivity contribution in [2.75, 3.05) is 13.1 Å². The number of piperidine rings is 1. The van der Waals surface area contributed by atoms with Crippen LogP contribution >= 0.6 is 0 Å². The highest BCUT2D eigenvalue weighted by molar-refractivity contribution is 6.38. The second-order valence-corrected chi connectivity index (χ2v) is 16.6. The molecule has 13 nitrogen and oxygen atoms in total. The second-order valence-electron chi connectivity index (χ2n) is 16.6. The summed E-state index contributed by atoms with van der Waals surface area (Å²) in [4.78, 5) is 91.9. The third kappa shape index (κ3) is 8.49. The first-order chi connectivity index (χ1) is 24.1. The van der Waals surface area contributed by atoms with Crippen molar-refractivity contribution in [2.24, 2.45) is 34.5 Å². The van der Waals surface area contributed by atoms with Crippen LogP contribution in [0.4, 0.5) is 0 Å². The summed E-state index contributed by atoms with van der Waals surface area (Å²) in [5.41, 5.74) is -0.867. The number of aromatic nitrogens is 2. The summed E-state index contributed by atoms with van der Waals surface area (Å²) < 4.78 is 0. The van der Waals surface area contributed by atoms with Gasteiger partial charge in [0.05, 0.1) is 12.2 Å². The first-order valence-electron chi connectivity index (χ1n) is 18.6. The van der Waals surface area contributed by atoms with Crippen molar-refractivity contribution in [3.05, 3.63) is 36.9 Å². The number of Topliss-reactive ketones (excluding diaryl/α,β-unsaturated/α-hetero) is 1. The van der Waals surface area contributed by atoms with Crippen molar-refractivity contribution in [2.45, 2.75) is 117 Å². The molecular formula is C38H55N7O6. The molecule has 4 N–H and O–H groups in total. The van der Waals surface area contributed by atoms with E-state index in [1.165, 1.54) is 24.7 Å². The Morgan fingerprint density at radius 1 is 0.980 bits per heavy atom. The monoisotopic (exact) mass is 705 g/mol. The molecule has 278 valence electrons. The van der Waals surface area contributed by atoms with E-state index in [1.54, 1.807) is 4.90 Å². The van der Waals surface area contributed by atoms with E-state index in [1.807, 2.05) is 20.8 Å². The highest BCUT2D eigenvalue weighted by Crippen LogP contribution is 2.65. The Morgan fingerprint density at radius 3 is 2.27 bits per heavy atom. The highest BCUT2D eigenvalue weighted by Gasteiger charge is 2.70. The maximum atomic E-state index is 14.6. The summed E-state index contributed by atoms with van der Waals surface area (Å²) in [7, 11) is 0. The van der Waals surface area contributed by atoms with E-state index in [-0.39, 0.29) is 41.3 Å². The third-order valence-electron chi connectivity index (χ3n) is 11.7. The number of carbonyl (C=O) groups is 6. The molecule has 0 aromatic carbocycles. The molecule has 1 unspecified atom stereocenters. The minimum atomic E-state index is -1.02. The molecule has 3 saturated carbocycles. The zero-order valence-electron chi connectivity index (χ0n) is 30.7. The van der Waals surface area contributed by atoms with Crippen LogP contribution in [-0.2, 0) is 24.0 Å². The van der Waals surface area contributed by atoms with Gasteiger partial charge in [0.2, 0.25) is 23.5 Å². The molecule has 1 aromatic heterocycles. The van der Waals surface area contributed by atoms with Gasteiger partial charge in [-0.2, -0.15) is 0 Å². The molecule has 0 bridgehead atoms.